The number of nitrogens with one attached hydrogen (secondary N) is 1. The first-order valence-electron chi connectivity index (χ1n) is 5.75. The molecule has 1 aromatic carbocycles. The van der Waals surface area contributed by atoms with Crippen molar-refractivity contribution >= 4 is 21.7 Å². The SMILES string of the molecule is Cc1nc(NCc2cccc(CO)c2)ccc1Br. The Morgan fingerprint density at radius 2 is 2.00 bits per heavy atom. The molecular formula is C14H15BrN2O. The number of nitrogens with zero attached hydrogens (tertiary/aromatic N) is 1. The van der Waals surface area contributed by atoms with Gasteiger partial charge in [-0.25, -0.2) is 4.98 Å². The Morgan fingerprint density at radius 3 is 2.72 bits per heavy atom. The van der Waals surface area contributed by atoms with Gasteiger partial charge in [0.15, 0.2) is 0 Å². The molecule has 4 heteroatoms. The van der Waals surface area contributed by atoms with Crippen LogP contribution >= 0.6 is 15.9 Å². The van der Waals surface area contributed by atoms with Gasteiger partial charge in [-0.3, -0.25) is 0 Å². The number of aromatic nitrogens is 1. The van der Waals surface area contributed by atoms with Gasteiger partial charge in [0.05, 0.1) is 12.3 Å². The Labute approximate surface area is 115 Å². The molecule has 3 nitrogen and oxygen atoms in total. The minimum Gasteiger partial charge on any atom is -0.392 e. The van der Waals surface area contributed by atoms with Crippen molar-refractivity contribution in [1.82, 2.24) is 4.98 Å². The number of benzene rings is 1. The maximum absolute atomic E-state index is 9.08. The third-order valence-electron chi connectivity index (χ3n) is 2.67. The van der Waals surface area contributed by atoms with Crippen LogP contribution in [0.3, 0.4) is 0 Å². The second-order valence-corrected chi connectivity index (χ2v) is 4.95. The van der Waals surface area contributed by atoms with Crippen molar-refractivity contribution in [2.24, 2.45) is 0 Å². The van der Waals surface area contributed by atoms with Crippen LogP contribution in [-0.2, 0) is 13.2 Å². The quantitative estimate of drug-likeness (QED) is 0.911. The third kappa shape index (κ3) is 3.31. The molecule has 2 aromatic rings. The second kappa shape index (κ2) is 5.98. The molecule has 0 aliphatic heterocycles. The Kier molecular flexibility index (Phi) is 4.33. The van der Waals surface area contributed by atoms with Crippen molar-refractivity contribution in [3.8, 4) is 0 Å². The van der Waals surface area contributed by atoms with Gasteiger partial charge in [0.2, 0.25) is 0 Å². The van der Waals surface area contributed by atoms with Crippen LogP contribution in [0.5, 0.6) is 0 Å². The van der Waals surface area contributed by atoms with E-state index in [1.807, 2.05) is 43.3 Å². The van der Waals surface area contributed by atoms with Crippen LogP contribution in [0.4, 0.5) is 5.82 Å². The lowest BCUT2D eigenvalue weighted by atomic mass is 10.1. The summed E-state index contributed by atoms with van der Waals surface area (Å²) in [6.45, 7) is 2.73. The topological polar surface area (TPSA) is 45.2 Å². The van der Waals surface area contributed by atoms with Gasteiger partial charge in [0, 0.05) is 11.0 Å². The lowest BCUT2D eigenvalue weighted by Crippen LogP contribution is -2.02. The highest BCUT2D eigenvalue weighted by molar-refractivity contribution is 9.10. The molecule has 1 heterocycles. The van der Waals surface area contributed by atoms with Crippen LogP contribution in [0.1, 0.15) is 16.8 Å². The maximum Gasteiger partial charge on any atom is 0.126 e. The Hall–Kier alpha value is -1.39. The van der Waals surface area contributed by atoms with E-state index < -0.39 is 0 Å². The highest BCUT2D eigenvalue weighted by Crippen LogP contribution is 2.16. The number of aryl methyl sites for hydroxylation is 1. The van der Waals surface area contributed by atoms with Crippen LogP contribution in [0.15, 0.2) is 40.9 Å². The number of aliphatic hydroxyl groups excluding tert-OH is 1. The van der Waals surface area contributed by atoms with E-state index in [0.29, 0.717) is 6.54 Å². The molecule has 2 rings (SSSR count). The summed E-state index contributed by atoms with van der Waals surface area (Å²) in [6, 6.07) is 11.8. The van der Waals surface area contributed by atoms with Crippen molar-refractivity contribution in [1.29, 1.82) is 0 Å². The monoisotopic (exact) mass is 306 g/mol. The molecule has 0 saturated carbocycles. The van der Waals surface area contributed by atoms with E-state index in [9.17, 15) is 0 Å². The minimum atomic E-state index is 0.0729. The van der Waals surface area contributed by atoms with E-state index in [1.54, 1.807) is 0 Å². The van der Waals surface area contributed by atoms with E-state index >= 15 is 0 Å². The van der Waals surface area contributed by atoms with Gasteiger partial charge in [0.1, 0.15) is 5.82 Å². The van der Waals surface area contributed by atoms with Crippen molar-refractivity contribution in [3.05, 3.63) is 57.7 Å². The molecule has 1 aromatic heterocycles. The average Bonchev–Trinajstić information content (AvgIpc) is 2.40. The fourth-order valence-electron chi connectivity index (χ4n) is 1.67. The number of pyridine rings is 1. The van der Waals surface area contributed by atoms with Crippen LogP contribution in [0, 0.1) is 6.92 Å². The van der Waals surface area contributed by atoms with Crippen molar-refractivity contribution in [3.63, 3.8) is 0 Å². The molecule has 94 valence electrons. The largest absolute Gasteiger partial charge is 0.392 e. The third-order valence-corrected chi connectivity index (χ3v) is 3.51. The standard InChI is InChI=1S/C14H15BrN2O/c1-10-13(15)5-6-14(17-10)16-8-11-3-2-4-12(7-11)9-18/h2-7,18H,8-9H2,1H3,(H,16,17). The highest BCUT2D eigenvalue weighted by atomic mass is 79.9. The summed E-state index contributed by atoms with van der Waals surface area (Å²) < 4.78 is 1.01. The molecule has 0 aliphatic rings. The lowest BCUT2D eigenvalue weighted by molar-refractivity contribution is 0.281. The summed E-state index contributed by atoms with van der Waals surface area (Å²) >= 11 is 3.43. The van der Waals surface area contributed by atoms with Crippen LogP contribution in [0.2, 0.25) is 0 Å². The van der Waals surface area contributed by atoms with Crippen molar-refractivity contribution < 1.29 is 5.11 Å². The number of anilines is 1. The molecule has 0 atom stereocenters. The molecule has 0 aliphatic carbocycles. The molecule has 0 fully saturated rings. The van der Waals surface area contributed by atoms with Gasteiger partial charge in [-0.1, -0.05) is 24.3 Å². The molecule has 0 amide bonds. The zero-order valence-corrected chi connectivity index (χ0v) is 11.7. The molecule has 18 heavy (non-hydrogen) atoms. The van der Waals surface area contributed by atoms with Crippen LogP contribution in [0.25, 0.3) is 0 Å². The molecule has 0 bridgehead atoms. The summed E-state index contributed by atoms with van der Waals surface area (Å²) in [7, 11) is 0. The molecule has 0 radical (unpaired) electrons. The predicted octanol–water partition coefficient (Wildman–Crippen LogP) is 3.26. The predicted molar refractivity (Wildman–Crippen MR) is 76.4 cm³/mol. The summed E-state index contributed by atoms with van der Waals surface area (Å²) in [4.78, 5) is 4.42. The normalized spacial score (nSPS) is 10.4. The fraction of sp³-hybridized carbons (Fsp3) is 0.214. The molecule has 0 spiro atoms. The van der Waals surface area contributed by atoms with Gasteiger partial charge in [0.25, 0.3) is 0 Å². The summed E-state index contributed by atoms with van der Waals surface area (Å²) in [5.41, 5.74) is 3.02. The summed E-state index contributed by atoms with van der Waals surface area (Å²) in [5.74, 6) is 0.852. The number of hydrogen-bond acceptors (Lipinski definition) is 3. The molecule has 0 unspecified atom stereocenters. The number of aliphatic hydroxyl groups is 1. The second-order valence-electron chi connectivity index (χ2n) is 4.10. The highest BCUT2D eigenvalue weighted by Gasteiger charge is 2.00. The van der Waals surface area contributed by atoms with E-state index in [0.717, 1.165) is 27.1 Å². The Morgan fingerprint density at radius 1 is 1.22 bits per heavy atom. The maximum atomic E-state index is 9.08. The van der Waals surface area contributed by atoms with Gasteiger partial charge < -0.3 is 10.4 Å². The van der Waals surface area contributed by atoms with Crippen molar-refractivity contribution in [2.45, 2.75) is 20.1 Å². The first kappa shape index (κ1) is 13.1. The lowest BCUT2D eigenvalue weighted by Gasteiger charge is -2.08. The zero-order chi connectivity index (χ0) is 13.0. The van der Waals surface area contributed by atoms with E-state index in [1.165, 1.54) is 0 Å². The first-order valence-corrected chi connectivity index (χ1v) is 6.54. The fourth-order valence-corrected chi connectivity index (χ4v) is 1.89. The smallest absolute Gasteiger partial charge is 0.126 e. The van der Waals surface area contributed by atoms with Gasteiger partial charge in [-0.2, -0.15) is 0 Å². The number of rotatable bonds is 4. The number of hydrogen-bond donors (Lipinski definition) is 2. The van der Waals surface area contributed by atoms with E-state index in [4.69, 9.17) is 5.11 Å². The van der Waals surface area contributed by atoms with Crippen LogP contribution < -0.4 is 5.32 Å². The molecule has 0 saturated heterocycles. The zero-order valence-electron chi connectivity index (χ0n) is 10.2. The van der Waals surface area contributed by atoms with Gasteiger partial charge in [-0.15, -0.1) is 0 Å². The number of halogens is 1. The average molecular weight is 307 g/mol. The first-order chi connectivity index (χ1) is 8.69. The van der Waals surface area contributed by atoms with Crippen molar-refractivity contribution in [2.75, 3.05) is 5.32 Å². The molecule has 2 N–H and O–H groups in total. The van der Waals surface area contributed by atoms with Gasteiger partial charge in [-0.05, 0) is 46.1 Å². The minimum absolute atomic E-state index is 0.0729. The Balaban J connectivity index is 2.04. The van der Waals surface area contributed by atoms with E-state index in [2.05, 4.69) is 26.2 Å². The Bertz CT molecular complexity index is 543. The summed E-state index contributed by atoms with van der Waals surface area (Å²) in [5, 5.41) is 12.3. The van der Waals surface area contributed by atoms with Crippen LogP contribution in [-0.4, -0.2) is 10.1 Å². The van der Waals surface area contributed by atoms with Gasteiger partial charge >= 0.3 is 0 Å². The van der Waals surface area contributed by atoms with E-state index in [-0.39, 0.29) is 6.61 Å². The molecular weight excluding hydrogens is 292 g/mol. The summed E-state index contributed by atoms with van der Waals surface area (Å²) in [6.07, 6.45) is 0.